The maximum atomic E-state index is 12.5. The molecule has 0 spiro atoms. The van der Waals surface area contributed by atoms with Crippen LogP contribution in [0.3, 0.4) is 0 Å². The average Bonchev–Trinajstić information content (AvgIpc) is 2.82. The van der Waals surface area contributed by atoms with Crippen LogP contribution in [-0.4, -0.2) is 65.6 Å². The highest BCUT2D eigenvalue weighted by atomic mass is 16.5. The molecule has 0 atom stereocenters. The monoisotopic (exact) mass is 433 g/mol. The molecule has 0 radical (unpaired) electrons. The summed E-state index contributed by atoms with van der Waals surface area (Å²) in [7, 11) is 0. The molecule has 0 aliphatic carbocycles. The summed E-state index contributed by atoms with van der Waals surface area (Å²) in [5, 5.41) is 14.5. The Hall–Kier alpha value is -4.07. The Morgan fingerprint density at radius 2 is 1.44 bits per heavy atom. The van der Waals surface area contributed by atoms with Crippen molar-refractivity contribution < 1.29 is 24.2 Å². The molecule has 1 aliphatic rings. The number of fused-ring (bicyclic) bond motifs is 1. The Morgan fingerprint density at radius 1 is 0.844 bits per heavy atom. The van der Waals surface area contributed by atoms with Gasteiger partial charge in [0.2, 0.25) is 0 Å². The quantitative estimate of drug-likeness (QED) is 0.616. The summed E-state index contributed by atoms with van der Waals surface area (Å²) in [6, 6.07) is 19.3. The maximum absolute atomic E-state index is 12.5. The van der Waals surface area contributed by atoms with E-state index < -0.39 is 12.6 Å². The minimum Gasteiger partial charge on any atom is -0.507 e. The molecule has 3 aromatic carbocycles. The summed E-state index contributed by atoms with van der Waals surface area (Å²) in [6.07, 6.45) is 0. The average molecular weight is 433 g/mol. The Labute approximate surface area is 185 Å². The number of phenols is 1. The minimum absolute atomic E-state index is 0.0129. The van der Waals surface area contributed by atoms with Gasteiger partial charge in [-0.2, -0.15) is 0 Å². The third kappa shape index (κ3) is 4.80. The van der Waals surface area contributed by atoms with Gasteiger partial charge in [-0.15, -0.1) is 0 Å². The van der Waals surface area contributed by atoms with Crippen molar-refractivity contribution in [1.29, 1.82) is 0 Å². The maximum Gasteiger partial charge on any atom is 0.342 e. The number of carbonyl (C=O) groups is 3. The molecule has 3 aromatic rings. The molecule has 0 unspecified atom stereocenters. The molecule has 164 valence electrons. The van der Waals surface area contributed by atoms with Crippen molar-refractivity contribution >= 4 is 34.4 Å². The van der Waals surface area contributed by atoms with E-state index in [1.165, 1.54) is 6.07 Å². The first-order valence-electron chi connectivity index (χ1n) is 10.3. The highest BCUT2D eigenvalue weighted by Gasteiger charge is 2.25. The molecule has 8 heteroatoms. The third-order valence-electron chi connectivity index (χ3n) is 5.36. The lowest BCUT2D eigenvalue weighted by molar-refractivity contribution is -0.135. The van der Waals surface area contributed by atoms with Crippen LogP contribution in [0.5, 0.6) is 5.75 Å². The van der Waals surface area contributed by atoms with E-state index in [0.29, 0.717) is 31.9 Å². The number of benzene rings is 3. The first-order valence-corrected chi connectivity index (χ1v) is 10.3. The number of hydrogen-bond acceptors (Lipinski definition) is 5. The van der Waals surface area contributed by atoms with Crippen molar-refractivity contribution in [1.82, 2.24) is 9.80 Å². The smallest absolute Gasteiger partial charge is 0.342 e. The summed E-state index contributed by atoms with van der Waals surface area (Å²) in [6.45, 7) is 1.02. The minimum atomic E-state index is -0.762. The first kappa shape index (κ1) is 21.2. The second-order valence-electron chi connectivity index (χ2n) is 7.46. The van der Waals surface area contributed by atoms with Gasteiger partial charge >= 0.3 is 12.0 Å². The number of para-hydroxylation sites is 1. The molecule has 1 aliphatic heterocycles. The van der Waals surface area contributed by atoms with Crippen LogP contribution in [0.25, 0.3) is 10.8 Å². The number of hydrogen-bond donors (Lipinski definition) is 2. The standard InChI is InChI=1S/C24H23N3O5/c28-21-15-18-7-5-4-6-17(18)14-20(21)23(30)32-16-22(29)26-10-12-27(13-11-26)24(31)25-19-8-2-1-3-9-19/h1-9,14-15,28H,10-13,16H2,(H,25,31). The van der Waals surface area contributed by atoms with Crippen LogP contribution in [-0.2, 0) is 9.53 Å². The third-order valence-corrected chi connectivity index (χ3v) is 5.36. The van der Waals surface area contributed by atoms with E-state index in [1.807, 2.05) is 42.5 Å². The van der Waals surface area contributed by atoms with E-state index >= 15 is 0 Å². The van der Waals surface area contributed by atoms with E-state index in [4.69, 9.17) is 4.74 Å². The van der Waals surface area contributed by atoms with E-state index in [1.54, 1.807) is 28.0 Å². The molecule has 8 nitrogen and oxygen atoms in total. The summed E-state index contributed by atoms with van der Waals surface area (Å²) in [5.41, 5.74) is 0.721. The number of phenolic OH excluding ortho intramolecular Hbond substituents is 1. The summed E-state index contributed by atoms with van der Waals surface area (Å²) < 4.78 is 5.14. The number of carbonyl (C=O) groups excluding carboxylic acids is 3. The largest absolute Gasteiger partial charge is 0.507 e. The highest BCUT2D eigenvalue weighted by Crippen LogP contribution is 2.25. The van der Waals surface area contributed by atoms with E-state index in [-0.39, 0.29) is 23.3 Å². The summed E-state index contributed by atoms with van der Waals surface area (Å²) >= 11 is 0. The van der Waals surface area contributed by atoms with Crippen molar-refractivity contribution in [2.24, 2.45) is 0 Å². The Kier molecular flexibility index (Phi) is 6.21. The second kappa shape index (κ2) is 9.38. The lowest BCUT2D eigenvalue weighted by Crippen LogP contribution is -2.52. The lowest BCUT2D eigenvalue weighted by Gasteiger charge is -2.34. The molecule has 1 saturated heterocycles. The van der Waals surface area contributed by atoms with Gasteiger partial charge in [-0.05, 0) is 35.0 Å². The van der Waals surface area contributed by atoms with Crippen LogP contribution >= 0.6 is 0 Å². The van der Waals surface area contributed by atoms with Crippen LogP contribution in [0.1, 0.15) is 10.4 Å². The fourth-order valence-corrected chi connectivity index (χ4v) is 3.57. The summed E-state index contributed by atoms with van der Waals surface area (Å²) in [4.78, 5) is 40.4. The zero-order chi connectivity index (χ0) is 22.5. The second-order valence-corrected chi connectivity index (χ2v) is 7.46. The van der Waals surface area contributed by atoms with Gasteiger partial charge in [0.05, 0.1) is 0 Å². The Morgan fingerprint density at radius 3 is 2.12 bits per heavy atom. The number of piperazine rings is 1. The van der Waals surface area contributed by atoms with Crippen molar-refractivity contribution in [3.05, 3.63) is 72.3 Å². The van der Waals surface area contributed by atoms with Gasteiger partial charge in [0, 0.05) is 31.9 Å². The van der Waals surface area contributed by atoms with E-state index in [9.17, 15) is 19.5 Å². The van der Waals surface area contributed by atoms with Crippen molar-refractivity contribution in [3.8, 4) is 5.75 Å². The van der Waals surface area contributed by atoms with Gasteiger partial charge in [0.25, 0.3) is 5.91 Å². The van der Waals surface area contributed by atoms with E-state index in [2.05, 4.69) is 5.32 Å². The predicted molar refractivity (Wildman–Crippen MR) is 120 cm³/mol. The Bertz CT molecular complexity index is 1140. The van der Waals surface area contributed by atoms with Crippen molar-refractivity contribution in [3.63, 3.8) is 0 Å². The van der Waals surface area contributed by atoms with Gasteiger partial charge in [-0.25, -0.2) is 9.59 Å². The number of nitrogens with one attached hydrogen (secondary N) is 1. The molecule has 4 rings (SSSR count). The van der Waals surface area contributed by atoms with Crippen molar-refractivity contribution in [2.45, 2.75) is 0 Å². The number of esters is 1. The van der Waals surface area contributed by atoms with Crippen LogP contribution in [0.15, 0.2) is 66.7 Å². The van der Waals surface area contributed by atoms with Crippen LogP contribution in [0.4, 0.5) is 10.5 Å². The molecule has 0 bridgehead atoms. The van der Waals surface area contributed by atoms with Crippen LogP contribution in [0, 0.1) is 0 Å². The molecule has 0 saturated carbocycles. The zero-order valence-electron chi connectivity index (χ0n) is 17.4. The van der Waals surface area contributed by atoms with Gasteiger partial charge in [0.15, 0.2) is 6.61 Å². The number of ether oxygens (including phenoxy) is 1. The van der Waals surface area contributed by atoms with Gasteiger partial charge in [0.1, 0.15) is 11.3 Å². The van der Waals surface area contributed by atoms with E-state index in [0.717, 1.165) is 10.8 Å². The molecule has 2 N–H and O–H groups in total. The molecule has 32 heavy (non-hydrogen) atoms. The zero-order valence-corrected chi connectivity index (χ0v) is 17.4. The topological polar surface area (TPSA) is 99.2 Å². The van der Waals surface area contributed by atoms with Crippen LogP contribution < -0.4 is 5.32 Å². The van der Waals surface area contributed by atoms with Crippen LogP contribution in [0.2, 0.25) is 0 Å². The highest BCUT2D eigenvalue weighted by molar-refractivity contribution is 5.99. The number of urea groups is 1. The molecular weight excluding hydrogens is 410 g/mol. The molecule has 3 amide bonds. The number of rotatable bonds is 4. The first-order chi connectivity index (χ1) is 15.5. The van der Waals surface area contributed by atoms with Gasteiger partial charge in [-0.3, -0.25) is 4.79 Å². The lowest BCUT2D eigenvalue weighted by atomic mass is 10.1. The number of amides is 3. The fourth-order valence-electron chi connectivity index (χ4n) is 3.57. The molecular formula is C24H23N3O5. The number of aromatic hydroxyl groups is 1. The van der Waals surface area contributed by atoms with Gasteiger partial charge < -0.3 is 25.0 Å². The summed E-state index contributed by atoms with van der Waals surface area (Å²) in [5.74, 6) is -1.30. The molecule has 0 aromatic heterocycles. The number of anilines is 1. The number of nitrogens with zero attached hydrogens (tertiary/aromatic N) is 2. The SMILES string of the molecule is O=C(OCC(=O)N1CCN(C(=O)Nc2ccccc2)CC1)c1cc2ccccc2cc1O. The Balaban J connectivity index is 1.27. The van der Waals surface area contributed by atoms with Crippen molar-refractivity contribution in [2.75, 3.05) is 38.1 Å². The molecule has 1 heterocycles. The predicted octanol–water partition coefficient (Wildman–Crippen LogP) is 3.08. The van der Waals surface area contributed by atoms with Gasteiger partial charge in [-0.1, -0.05) is 42.5 Å². The molecule has 1 fully saturated rings. The normalized spacial score (nSPS) is 13.6. The fraction of sp³-hybridized carbons (Fsp3) is 0.208.